The van der Waals surface area contributed by atoms with Crippen molar-refractivity contribution in [2.45, 2.75) is 6.54 Å². The fourth-order valence-electron chi connectivity index (χ4n) is 2.04. The van der Waals surface area contributed by atoms with Crippen LogP contribution in [0.1, 0.15) is 15.9 Å². The van der Waals surface area contributed by atoms with E-state index < -0.39 is 11.7 Å². The zero-order chi connectivity index (χ0) is 15.2. The van der Waals surface area contributed by atoms with Crippen molar-refractivity contribution in [3.05, 3.63) is 65.5 Å². The predicted octanol–water partition coefficient (Wildman–Crippen LogP) is 3.41. The van der Waals surface area contributed by atoms with Crippen LogP contribution in [0.4, 0.5) is 4.39 Å². The lowest BCUT2D eigenvalue weighted by Crippen LogP contribution is -2.33. The number of carbonyl (C=O) groups is 1. The number of hydrogen-bond acceptors (Lipinski definition) is 2. The van der Waals surface area contributed by atoms with Gasteiger partial charge in [-0.3, -0.25) is 4.79 Å². The second-order valence-corrected chi connectivity index (χ2v) is 4.91. The lowest BCUT2D eigenvalue weighted by Gasteiger charge is -2.22. The molecule has 0 bridgehead atoms. The lowest BCUT2D eigenvalue weighted by molar-refractivity contribution is 0.0745. The van der Waals surface area contributed by atoms with Crippen molar-refractivity contribution in [3.63, 3.8) is 0 Å². The molecule has 0 aliphatic carbocycles. The van der Waals surface area contributed by atoms with Crippen LogP contribution in [0.15, 0.2) is 48.5 Å². The van der Waals surface area contributed by atoms with Crippen molar-refractivity contribution < 1.29 is 14.3 Å². The molecule has 0 aromatic heterocycles. The van der Waals surface area contributed by atoms with Crippen LogP contribution in [0.5, 0.6) is 5.75 Å². The molecule has 0 spiro atoms. The van der Waals surface area contributed by atoms with Crippen molar-refractivity contribution in [3.8, 4) is 5.75 Å². The molecular formula is C16H15ClFNO2. The number of nitrogens with zero attached hydrogens (tertiary/aromatic N) is 1. The summed E-state index contributed by atoms with van der Waals surface area (Å²) in [4.78, 5) is 13.9. The minimum atomic E-state index is -0.743. The van der Waals surface area contributed by atoms with Crippen molar-refractivity contribution in [2.75, 3.05) is 12.4 Å². The molecule has 1 amide bonds. The molecule has 0 aliphatic rings. The maximum atomic E-state index is 13.8. The third kappa shape index (κ3) is 3.73. The first-order valence-electron chi connectivity index (χ1n) is 6.50. The fourth-order valence-corrected chi connectivity index (χ4v) is 2.24. The van der Waals surface area contributed by atoms with Gasteiger partial charge in [0.2, 0.25) is 0 Å². The highest BCUT2D eigenvalue weighted by Crippen LogP contribution is 2.22. The average Bonchev–Trinajstić information content (AvgIpc) is 2.47. The van der Waals surface area contributed by atoms with Gasteiger partial charge >= 0.3 is 0 Å². The number of phenols is 1. The molecule has 0 saturated carbocycles. The highest BCUT2D eigenvalue weighted by atomic mass is 35.5. The van der Waals surface area contributed by atoms with Crippen LogP contribution >= 0.6 is 11.6 Å². The molecule has 21 heavy (non-hydrogen) atoms. The number of alkyl halides is 1. The Kier molecular flexibility index (Phi) is 5.17. The Labute approximate surface area is 127 Å². The Balaban J connectivity index is 2.27. The summed E-state index contributed by atoms with van der Waals surface area (Å²) in [6.45, 7) is 0.573. The largest absolute Gasteiger partial charge is 0.507 e. The Bertz CT molecular complexity index is 599. The van der Waals surface area contributed by atoms with Crippen molar-refractivity contribution in [1.29, 1.82) is 0 Å². The van der Waals surface area contributed by atoms with E-state index in [0.29, 0.717) is 6.54 Å². The molecule has 0 radical (unpaired) electrons. The maximum Gasteiger partial charge on any atom is 0.260 e. The molecule has 2 rings (SSSR count). The molecule has 2 aromatic carbocycles. The van der Waals surface area contributed by atoms with Gasteiger partial charge in [-0.2, -0.15) is 0 Å². The maximum absolute atomic E-state index is 13.8. The van der Waals surface area contributed by atoms with Crippen LogP contribution in [0.2, 0.25) is 0 Å². The standard InChI is InChI=1S/C16H15ClFNO2/c17-9-10-19(11-12-5-2-1-3-6-12)16(21)15-13(18)7-4-8-14(15)20/h1-8,20H,9-11H2. The molecular weight excluding hydrogens is 293 g/mol. The van der Waals surface area contributed by atoms with Crippen LogP contribution in [-0.4, -0.2) is 28.3 Å². The van der Waals surface area contributed by atoms with E-state index >= 15 is 0 Å². The average molecular weight is 308 g/mol. The summed E-state index contributed by atoms with van der Waals surface area (Å²) in [5.74, 6) is -1.45. The Morgan fingerprint density at radius 1 is 1.14 bits per heavy atom. The van der Waals surface area contributed by atoms with Crippen molar-refractivity contribution in [2.24, 2.45) is 0 Å². The molecule has 0 atom stereocenters. The fraction of sp³-hybridized carbons (Fsp3) is 0.188. The van der Waals surface area contributed by atoms with Gasteiger partial charge in [-0.15, -0.1) is 11.6 Å². The minimum Gasteiger partial charge on any atom is -0.507 e. The number of aromatic hydroxyl groups is 1. The zero-order valence-corrected chi connectivity index (χ0v) is 12.1. The third-order valence-electron chi connectivity index (χ3n) is 3.06. The summed E-state index contributed by atoms with van der Waals surface area (Å²) in [6, 6.07) is 13.1. The first kappa shape index (κ1) is 15.3. The molecule has 3 nitrogen and oxygen atoms in total. The van der Waals surface area contributed by atoms with Gasteiger partial charge in [0.05, 0.1) is 0 Å². The summed E-state index contributed by atoms with van der Waals surface area (Å²) in [7, 11) is 0. The quantitative estimate of drug-likeness (QED) is 0.860. The number of carbonyl (C=O) groups excluding carboxylic acids is 1. The van der Waals surface area contributed by atoms with E-state index in [0.717, 1.165) is 11.6 Å². The van der Waals surface area contributed by atoms with Crippen LogP contribution in [-0.2, 0) is 6.54 Å². The number of benzene rings is 2. The summed E-state index contributed by atoms with van der Waals surface area (Å²) < 4.78 is 13.8. The van der Waals surface area contributed by atoms with E-state index in [2.05, 4.69) is 0 Å². The van der Waals surface area contributed by atoms with Gasteiger partial charge in [0, 0.05) is 19.0 Å². The van der Waals surface area contributed by atoms with Gasteiger partial charge in [0.25, 0.3) is 5.91 Å². The molecule has 0 aliphatic heterocycles. The van der Waals surface area contributed by atoms with Gasteiger partial charge in [0.15, 0.2) is 0 Å². The van der Waals surface area contributed by atoms with Gasteiger partial charge in [0.1, 0.15) is 17.1 Å². The van der Waals surface area contributed by atoms with E-state index in [-0.39, 0.29) is 23.7 Å². The van der Waals surface area contributed by atoms with E-state index in [9.17, 15) is 14.3 Å². The molecule has 0 fully saturated rings. The summed E-state index contributed by atoms with van der Waals surface area (Å²) in [6.07, 6.45) is 0. The van der Waals surface area contributed by atoms with Crippen LogP contribution < -0.4 is 0 Å². The van der Waals surface area contributed by atoms with Crippen LogP contribution in [0.25, 0.3) is 0 Å². The summed E-state index contributed by atoms with van der Waals surface area (Å²) in [5.41, 5.74) is 0.588. The van der Waals surface area contributed by atoms with Gasteiger partial charge in [-0.1, -0.05) is 36.4 Å². The van der Waals surface area contributed by atoms with Crippen LogP contribution in [0.3, 0.4) is 0 Å². The van der Waals surface area contributed by atoms with Gasteiger partial charge in [-0.05, 0) is 17.7 Å². The van der Waals surface area contributed by atoms with Crippen molar-refractivity contribution in [1.82, 2.24) is 4.90 Å². The minimum absolute atomic E-state index is 0.230. The van der Waals surface area contributed by atoms with E-state index in [1.807, 2.05) is 30.3 Å². The van der Waals surface area contributed by atoms with Gasteiger partial charge in [-0.25, -0.2) is 4.39 Å². The second kappa shape index (κ2) is 7.09. The molecule has 110 valence electrons. The zero-order valence-electron chi connectivity index (χ0n) is 11.3. The Hall–Kier alpha value is -2.07. The predicted molar refractivity (Wildman–Crippen MR) is 80.0 cm³/mol. The summed E-state index contributed by atoms with van der Waals surface area (Å²) in [5, 5.41) is 9.72. The lowest BCUT2D eigenvalue weighted by atomic mass is 10.1. The number of phenolic OH excluding ortho intramolecular Hbond substituents is 1. The molecule has 0 unspecified atom stereocenters. The highest BCUT2D eigenvalue weighted by molar-refractivity contribution is 6.18. The summed E-state index contributed by atoms with van der Waals surface area (Å²) >= 11 is 5.72. The van der Waals surface area contributed by atoms with Gasteiger partial charge < -0.3 is 10.0 Å². The number of halogens is 2. The molecule has 1 N–H and O–H groups in total. The molecule has 0 saturated heterocycles. The number of rotatable bonds is 5. The van der Waals surface area contributed by atoms with E-state index in [1.54, 1.807) is 0 Å². The van der Waals surface area contributed by atoms with Crippen LogP contribution in [0, 0.1) is 5.82 Å². The highest BCUT2D eigenvalue weighted by Gasteiger charge is 2.22. The van der Waals surface area contributed by atoms with E-state index in [4.69, 9.17) is 11.6 Å². The topological polar surface area (TPSA) is 40.5 Å². The van der Waals surface area contributed by atoms with Crippen molar-refractivity contribution >= 4 is 17.5 Å². The SMILES string of the molecule is O=C(c1c(O)cccc1F)N(CCCl)Cc1ccccc1. The molecule has 2 aromatic rings. The second-order valence-electron chi connectivity index (χ2n) is 4.54. The smallest absolute Gasteiger partial charge is 0.260 e. The number of hydrogen-bond donors (Lipinski definition) is 1. The molecule has 5 heteroatoms. The number of amides is 1. The Morgan fingerprint density at radius 3 is 2.48 bits per heavy atom. The first-order chi connectivity index (χ1) is 10.1. The monoisotopic (exact) mass is 307 g/mol. The Morgan fingerprint density at radius 2 is 1.86 bits per heavy atom. The first-order valence-corrected chi connectivity index (χ1v) is 7.03. The molecule has 0 heterocycles. The van der Waals surface area contributed by atoms with E-state index in [1.165, 1.54) is 17.0 Å². The third-order valence-corrected chi connectivity index (χ3v) is 3.23. The normalized spacial score (nSPS) is 10.4.